The Morgan fingerprint density at radius 3 is 0.930 bits per heavy atom. The van der Waals surface area contributed by atoms with Crippen LogP contribution in [0.3, 0.4) is 0 Å². The number of nitriles is 2. The first kappa shape index (κ1) is 59.2. The predicted molar refractivity (Wildman–Crippen MR) is 398 cm³/mol. The van der Waals surface area contributed by atoms with Crippen molar-refractivity contribution in [1.29, 1.82) is 10.5 Å². The van der Waals surface area contributed by atoms with E-state index >= 15 is 0 Å². The van der Waals surface area contributed by atoms with Gasteiger partial charge in [-0.05, 0) is 148 Å². The van der Waals surface area contributed by atoms with Crippen LogP contribution in [-0.4, -0.2) is 39.0 Å². The lowest BCUT2D eigenvalue weighted by Crippen LogP contribution is -2.04. The molecule has 0 saturated carbocycles. The number of benzene rings is 13. The first-order valence-corrected chi connectivity index (χ1v) is 32.4. The second-order valence-electron chi connectivity index (χ2n) is 24.3. The molecule has 0 spiro atoms. The normalized spacial score (nSPS) is 11.2. The van der Waals surface area contributed by atoms with Gasteiger partial charge in [-0.15, -0.1) is 0 Å². The Kier molecular flexibility index (Phi) is 14.8. The number of nitrogens with zero attached hydrogens (tertiary/aromatic N) is 12. The summed E-state index contributed by atoms with van der Waals surface area (Å²) in [5.41, 5.74) is 19.1. The van der Waals surface area contributed by atoms with Crippen molar-refractivity contribution in [3.63, 3.8) is 0 Å². The van der Waals surface area contributed by atoms with Crippen molar-refractivity contribution in [2.75, 3.05) is 0 Å². The van der Waals surface area contributed by atoms with Crippen LogP contribution in [0.5, 0.6) is 0 Å². The smallest absolute Gasteiger partial charge is 0.189 e. The van der Waals surface area contributed by atoms with Crippen LogP contribution in [0.25, 0.3) is 178 Å². The summed E-state index contributed by atoms with van der Waals surface area (Å²) in [6.45, 7) is 15.7. The third-order valence-electron chi connectivity index (χ3n) is 18.2. The van der Waals surface area contributed by atoms with Crippen molar-refractivity contribution in [3.05, 3.63) is 337 Å². The van der Waals surface area contributed by atoms with E-state index in [0.29, 0.717) is 57.4 Å². The van der Waals surface area contributed by atoms with Crippen molar-refractivity contribution in [2.24, 2.45) is 0 Å². The molecule has 100 heavy (non-hydrogen) atoms. The number of hydrogen-bond acceptors (Lipinski definition) is 8. The molecule has 4 aromatic heterocycles. The van der Waals surface area contributed by atoms with Gasteiger partial charge in [-0.2, -0.15) is 10.5 Å². The van der Waals surface area contributed by atoms with E-state index in [-0.39, 0.29) is 0 Å². The maximum Gasteiger partial charge on any atom is 0.189 e. The van der Waals surface area contributed by atoms with Crippen molar-refractivity contribution in [2.45, 2.75) is 0 Å². The van der Waals surface area contributed by atoms with E-state index in [4.69, 9.17) is 43.0 Å². The Hall–Kier alpha value is -14.6. The minimum absolute atomic E-state index is 0.401. The highest BCUT2D eigenvalue weighted by molar-refractivity contribution is 6.12. The first-order chi connectivity index (χ1) is 49.3. The average Bonchev–Trinajstić information content (AvgIpc) is 1.59. The Morgan fingerprint density at radius 2 is 0.560 bits per heavy atom. The third kappa shape index (κ3) is 10.8. The van der Waals surface area contributed by atoms with Gasteiger partial charge in [-0.25, -0.2) is 39.6 Å². The zero-order valence-corrected chi connectivity index (χ0v) is 53.2. The number of hydrogen-bond donors (Lipinski definition) is 0. The maximum atomic E-state index is 9.99. The minimum Gasteiger partial charge on any atom is -0.309 e. The van der Waals surface area contributed by atoms with Gasteiger partial charge in [0.15, 0.2) is 46.3 Å². The van der Waals surface area contributed by atoms with Gasteiger partial charge in [0.1, 0.15) is 0 Å². The molecule has 0 aliphatic heterocycles. The number of fused-ring (bicyclic) bond motifs is 6. The summed E-state index contributed by atoms with van der Waals surface area (Å²) in [4.78, 5) is 39.2. The standard InChI is InChI=1S/C88H50N12/c1-91-69-44-55(53-89)42-67(47-69)65-36-38-79-73(49-65)71-30-15-17-32-77(71)99(79)81-40-34-63(51-75(81)87-95-83(57-20-7-3-8-21-57)93-84(96-87)58-22-9-4-10-23-58)61-28-19-29-62(46-61)64-35-41-82(76(52-64)88-97-85(59-24-11-5-12-25-59)94-86(98-88)60-26-13-6-14-27-60)100-78-33-18-16-31-72(78)74-50-66(37-39-80(74)100)68-43-56(54-90)45-70(48-68)92-2/h3-52H. The molecule has 462 valence electrons. The fourth-order valence-electron chi connectivity index (χ4n) is 13.6. The van der Waals surface area contributed by atoms with Crippen molar-refractivity contribution < 1.29 is 0 Å². The molecule has 12 heteroatoms. The zero-order valence-electron chi connectivity index (χ0n) is 53.2. The fourth-order valence-corrected chi connectivity index (χ4v) is 13.6. The lowest BCUT2D eigenvalue weighted by molar-refractivity contribution is 1.06. The van der Waals surface area contributed by atoms with Gasteiger partial charge < -0.3 is 9.13 Å². The van der Waals surface area contributed by atoms with Gasteiger partial charge in [-0.1, -0.05) is 200 Å². The SMILES string of the molecule is [C-]#[N+]c1cc(C#N)cc(-c2ccc3c(c2)c2ccccc2n3-c2ccc(-c3cccc(-c4ccc(-n5c6ccccc6c6cc(-c7cc(C#N)cc([N+]#[C-])c7)ccc65)c(-c5nc(-c6ccccc6)nc(-c6ccccc6)n5)c4)c3)cc2-c2nc(-c3ccccc3)nc(-c3ccccc3)n2)c1. The summed E-state index contributed by atoms with van der Waals surface area (Å²) < 4.78 is 4.56. The molecule has 13 aromatic carbocycles. The Bertz CT molecular complexity index is 5770. The van der Waals surface area contributed by atoms with Gasteiger partial charge in [0.2, 0.25) is 0 Å². The van der Waals surface area contributed by atoms with E-state index in [0.717, 1.165) is 133 Å². The van der Waals surface area contributed by atoms with E-state index < -0.39 is 0 Å². The zero-order chi connectivity index (χ0) is 67.2. The topological polar surface area (TPSA) is 144 Å². The summed E-state index contributed by atoms with van der Waals surface area (Å²) in [5.74, 6) is 3.08. The largest absolute Gasteiger partial charge is 0.309 e. The second-order valence-corrected chi connectivity index (χ2v) is 24.3. The van der Waals surface area contributed by atoms with E-state index in [1.165, 1.54) is 0 Å². The molecule has 12 nitrogen and oxygen atoms in total. The number of rotatable bonds is 12. The molecule has 0 bridgehead atoms. The van der Waals surface area contributed by atoms with Gasteiger partial charge >= 0.3 is 0 Å². The van der Waals surface area contributed by atoms with Gasteiger partial charge in [-0.3, -0.25) is 0 Å². The molecule has 0 N–H and O–H groups in total. The van der Waals surface area contributed by atoms with Crippen LogP contribution in [-0.2, 0) is 0 Å². The summed E-state index contributed by atoms with van der Waals surface area (Å²) >= 11 is 0. The lowest BCUT2D eigenvalue weighted by Gasteiger charge is -2.17. The quantitative estimate of drug-likeness (QED) is 0.110. The van der Waals surface area contributed by atoms with Crippen LogP contribution >= 0.6 is 0 Å². The summed E-state index contributed by atoms with van der Waals surface area (Å²) in [6, 6.07) is 106. The maximum absolute atomic E-state index is 9.99. The molecule has 0 fully saturated rings. The van der Waals surface area contributed by atoms with E-state index in [9.17, 15) is 10.5 Å². The fraction of sp³-hybridized carbons (Fsp3) is 0. The number of aromatic nitrogens is 8. The van der Waals surface area contributed by atoms with Crippen molar-refractivity contribution in [3.8, 4) is 136 Å². The molecule has 0 amide bonds. The van der Waals surface area contributed by atoms with Crippen molar-refractivity contribution in [1.82, 2.24) is 39.0 Å². The monoisotopic (exact) mass is 1270 g/mol. The summed E-state index contributed by atoms with van der Waals surface area (Å²) in [7, 11) is 0. The third-order valence-corrected chi connectivity index (χ3v) is 18.2. The minimum atomic E-state index is 0.401. The molecule has 0 radical (unpaired) electrons. The van der Waals surface area contributed by atoms with Crippen LogP contribution in [0.2, 0.25) is 0 Å². The van der Waals surface area contributed by atoms with Crippen LogP contribution in [0.4, 0.5) is 11.4 Å². The Labute approximate surface area is 574 Å². The Morgan fingerprint density at radius 1 is 0.250 bits per heavy atom. The van der Waals surface area contributed by atoms with E-state index in [1.54, 1.807) is 12.1 Å². The highest BCUT2D eigenvalue weighted by Gasteiger charge is 2.25. The summed E-state index contributed by atoms with van der Waals surface area (Å²) in [5, 5.41) is 24.0. The molecule has 17 rings (SSSR count). The molecular weight excluding hydrogens is 1230 g/mol. The number of para-hydroxylation sites is 2. The molecule has 0 saturated heterocycles. The highest BCUT2D eigenvalue weighted by atomic mass is 15.1. The van der Waals surface area contributed by atoms with Crippen LogP contribution in [0.1, 0.15) is 11.1 Å². The van der Waals surface area contributed by atoms with Gasteiger partial charge in [0.25, 0.3) is 0 Å². The van der Waals surface area contributed by atoms with Crippen LogP contribution < -0.4 is 0 Å². The molecule has 0 aliphatic rings. The molecule has 17 aromatic rings. The molecule has 0 atom stereocenters. The van der Waals surface area contributed by atoms with Gasteiger partial charge in [0, 0.05) is 66.1 Å². The molecular formula is C88H50N12. The van der Waals surface area contributed by atoms with Crippen molar-refractivity contribution >= 4 is 55.0 Å². The van der Waals surface area contributed by atoms with Crippen LogP contribution in [0, 0.1) is 35.8 Å². The lowest BCUT2D eigenvalue weighted by atomic mass is 9.95. The highest BCUT2D eigenvalue weighted by Crippen LogP contribution is 2.44. The van der Waals surface area contributed by atoms with Gasteiger partial charge in [0.05, 0.1) is 58.7 Å². The summed E-state index contributed by atoms with van der Waals surface area (Å²) in [6.07, 6.45) is 0. The molecule has 0 aliphatic carbocycles. The van der Waals surface area contributed by atoms with E-state index in [1.807, 2.05) is 158 Å². The predicted octanol–water partition coefficient (Wildman–Crippen LogP) is 21.8. The first-order valence-electron chi connectivity index (χ1n) is 32.4. The Balaban J connectivity index is 0.869. The molecule has 4 heterocycles. The second kappa shape index (κ2) is 25.0. The van der Waals surface area contributed by atoms with E-state index in [2.05, 4.69) is 164 Å². The van der Waals surface area contributed by atoms with Crippen LogP contribution in [0.15, 0.2) is 303 Å². The molecule has 0 unspecified atom stereocenters. The average molecular weight is 1280 g/mol.